The Bertz CT molecular complexity index is 439. The fraction of sp³-hybridized carbons (Fsp3) is 0.647. The SMILES string of the molecule is CCOc1cc(CNC2CC2)ccc1OCC1CCC1. The summed E-state index contributed by atoms with van der Waals surface area (Å²) in [6.07, 6.45) is 6.63. The lowest BCUT2D eigenvalue weighted by atomic mass is 9.86. The van der Waals surface area contributed by atoms with Crippen LogP contribution in [0.5, 0.6) is 11.5 Å². The molecule has 0 radical (unpaired) electrons. The van der Waals surface area contributed by atoms with E-state index in [1.165, 1.54) is 37.7 Å². The van der Waals surface area contributed by atoms with Gasteiger partial charge >= 0.3 is 0 Å². The second-order valence-electron chi connectivity index (χ2n) is 5.98. The summed E-state index contributed by atoms with van der Waals surface area (Å²) >= 11 is 0. The molecule has 0 heterocycles. The molecule has 0 spiro atoms. The van der Waals surface area contributed by atoms with Gasteiger partial charge in [-0.05, 0) is 56.2 Å². The smallest absolute Gasteiger partial charge is 0.161 e. The molecule has 0 aliphatic heterocycles. The Labute approximate surface area is 121 Å². The Balaban J connectivity index is 1.60. The van der Waals surface area contributed by atoms with Gasteiger partial charge < -0.3 is 14.8 Å². The largest absolute Gasteiger partial charge is 0.490 e. The molecule has 0 amide bonds. The first-order valence-corrected chi connectivity index (χ1v) is 7.97. The van der Waals surface area contributed by atoms with Crippen LogP contribution in [0, 0.1) is 5.92 Å². The van der Waals surface area contributed by atoms with Crippen molar-refractivity contribution in [3.63, 3.8) is 0 Å². The molecule has 0 bridgehead atoms. The van der Waals surface area contributed by atoms with Crippen molar-refractivity contribution in [2.75, 3.05) is 13.2 Å². The van der Waals surface area contributed by atoms with Crippen molar-refractivity contribution in [3.8, 4) is 11.5 Å². The van der Waals surface area contributed by atoms with E-state index < -0.39 is 0 Å². The van der Waals surface area contributed by atoms with E-state index in [1.807, 2.05) is 6.92 Å². The van der Waals surface area contributed by atoms with Crippen LogP contribution in [0.3, 0.4) is 0 Å². The van der Waals surface area contributed by atoms with E-state index in [1.54, 1.807) is 0 Å². The maximum absolute atomic E-state index is 5.94. The summed E-state index contributed by atoms with van der Waals surface area (Å²) in [6, 6.07) is 7.07. The average molecular weight is 275 g/mol. The van der Waals surface area contributed by atoms with Gasteiger partial charge in [0.05, 0.1) is 13.2 Å². The molecule has 0 saturated heterocycles. The van der Waals surface area contributed by atoms with Crippen molar-refractivity contribution < 1.29 is 9.47 Å². The summed E-state index contributed by atoms with van der Waals surface area (Å²) in [7, 11) is 0. The van der Waals surface area contributed by atoms with Crippen molar-refractivity contribution in [3.05, 3.63) is 23.8 Å². The topological polar surface area (TPSA) is 30.5 Å². The lowest BCUT2D eigenvalue weighted by Crippen LogP contribution is -2.19. The van der Waals surface area contributed by atoms with Crippen LogP contribution in [0.15, 0.2) is 18.2 Å². The third-order valence-corrected chi connectivity index (χ3v) is 4.18. The first kappa shape index (κ1) is 13.7. The van der Waals surface area contributed by atoms with Crippen LogP contribution in [-0.4, -0.2) is 19.3 Å². The van der Waals surface area contributed by atoms with Gasteiger partial charge in [-0.15, -0.1) is 0 Å². The normalized spacial score (nSPS) is 18.6. The molecule has 2 saturated carbocycles. The summed E-state index contributed by atoms with van der Waals surface area (Å²) in [5.41, 5.74) is 1.27. The van der Waals surface area contributed by atoms with Crippen LogP contribution in [0.4, 0.5) is 0 Å². The number of rotatable bonds is 8. The minimum absolute atomic E-state index is 0.680. The van der Waals surface area contributed by atoms with Gasteiger partial charge in [0, 0.05) is 12.6 Å². The fourth-order valence-corrected chi connectivity index (χ4v) is 2.47. The highest BCUT2D eigenvalue weighted by atomic mass is 16.5. The molecule has 20 heavy (non-hydrogen) atoms. The van der Waals surface area contributed by atoms with Crippen molar-refractivity contribution in [1.82, 2.24) is 5.32 Å². The molecule has 1 aromatic rings. The van der Waals surface area contributed by atoms with Crippen molar-refractivity contribution in [1.29, 1.82) is 0 Å². The van der Waals surface area contributed by atoms with E-state index in [0.717, 1.165) is 36.6 Å². The van der Waals surface area contributed by atoms with Crippen LogP contribution in [-0.2, 0) is 6.54 Å². The molecule has 3 heteroatoms. The van der Waals surface area contributed by atoms with Gasteiger partial charge in [-0.2, -0.15) is 0 Å². The van der Waals surface area contributed by atoms with Gasteiger partial charge in [0.15, 0.2) is 11.5 Å². The molecule has 2 aliphatic carbocycles. The highest BCUT2D eigenvalue weighted by Gasteiger charge is 2.21. The van der Waals surface area contributed by atoms with E-state index in [0.29, 0.717) is 6.61 Å². The molecule has 110 valence electrons. The van der Waals surface area contributed by atoms with Crippen molar-refractivity contribution in [2.24, 2.45) is 5.92 Å². The molecular weight excluding hydrogens is 250 g/mol. The number of benzene rings is 1. The second-order valence-corrected chi connectivity index (χ2v) is 5.98. The summed E-state index contributed by atoms with van der Waals surface area (Å²) in [6.45, 7) is 4.46. The number of nitrogens with one attached hydrogen (secondary N) is 1. The van der Waals surface area contributed by atoms with Crippen LogP contribution in [0.2, 0.25) is 0 Å². The first-order valence-electron chi connectivity index (χ1n) is 7.97. The maximum Gasteiger partial charge on any atom is 0.161 e. The van der Waals surface area contributed by atoms with Gasteiger partial charge in [-0.1, -0.05) is 12.5 Å². The van der Waals surface area contributed by atoms with Crippen LogP contribution in [0.1, 0.15) is 44.6 Å². The Hall–Kier alpha value is -1.22. The number of ether oxygens (including phenoxy) is 2. The molecule has 2 fully saturated rings. The molecular formula is C17H25NO2. The predicted octanol–water partition coefficient (Wildman–Crippen LogP) is 3.52. The summed E-state index contributed by atoms with van der Waals surface area (Å²) < 4.78 is 11.7. The summed E-state index contributed by atoms with van der Waals surface area (Å²) in [5, 5.41) is 3.53. The Morgan fingerprint density at radius 2 is 1.95 bits per heavy atom. The van der Waals surface area contributed by atoms with E-state index in [-0.39, 0.29) is 0 Å². The van der Waals surface area contributed by atoms with Gasteiger partial charge in [0.25, 0.3) is 0 Å². The zero-order valence-corrected chi connectivity index (χ0v) is 12.4. The van der Waals surface area contributed by atoms with Crippen LogP contribution in [0.25, 0.3) is 0 Å². The monoisotopic (exact) mass is 275 g/mol. The third kappa shape index (κ3) is 3.66. The molecule has 3 rings (SSSR count). The Morgan fingerprint density at radius 3 is 2.60 bits per heavy atom. The molecule has 1 N–H and O–H groups in total. The van der Waals surface area contributed by atoms with E-state index >= 15 is 0 Å². The lowest BCUT2D eigenvalue weighted by Gasteiger charge is -2.25. The Kier molecular flexibility index (Phi) is 4.46. The van der Waals surface area contributed by atoms with E-state index in [9.17, 15) is 0 Å². The van der Waals surface area contributed by atoms with Gasteiger partial charge in [-0.25, -0.2) is 0 Å². The van der Waals surface area contributed by atoms with Crippen molar-refractivity contribution in [2.45, 2.75) is 51.6 Å². The number of hydrogen-bond acceptors (Lipinski definition) is 3. The minimum atomic E-state index is 0.680. The van der Waals surface area contributed by atoms with Crippen LogP contribution >= 0.6 is 0 Å². The van der Waals surface area contributed by atoms with Gasteiger partial charge in [0.2, 0.25) is 0 Å². The first-order chi connectivity index (χ1) is 9.85. The van der Waals surface area contributed by atoms with Gasteiger partial charge in [0.1, 0.15) is 0 Å². The predicted molar refractivity (Wildman–Crippen MR) is 80.3 cm³/mol. The Morgan fingerprint density at radius 1 is 1.10 bits per heavy atom. The fourth-order valence-electron chi connectivity index (χ4n) is 2.47. The molecule has 0 atom stereocenters. The van der Waals surface area contributed by atoms with Crippen LogP contribution < -0.4 is 14.8 Å². The highest BCUT2D eigenvalue weighted by Crippen LogP contribution is 2.32. The third-order valence-electron chi connectivity index (χ3n) is 4.18. The molecule has 0 aromatic heterocycles. The quantitative estimate of drug-likeness (QED) is 0.787. The van der Waals surface area contributed by atoms with E-state index in [2.05, 4.69) is 23.5 Å². The van der Waals surface area contributed by atoms with E-state index in [4.69, 9.17) is 9.47 Å². The second kappa shape index (κ2) is 6.49. The standard InChI is InChI=1S/C17H25NO2/c1-2-19-17-10-14(11-18-15-7-8-15)6-9-16(17)20-12-13-4-3-5-13/h6,9-10,13,15,18H,2-5,7-8,11-12H2,1H3. The molecule has 0 unspecified atom stereocenters. The highest BCUT2D eigenvalue weighted by molar-refractivity contribution is 5.43. The summed E-state index contributed by atoms with van der Waals surface area (Å²) in [5.74, 6) is 2.54. The molecule has 3 nitrogen and oxygen atoms in total. The zero-order valence-electron chi connectivity index (χ0n) is 12.4. The summed E-state index contributed by atoms with van der Waals surface area (Å²) in [4.78, 5) is 0. The van der Waals surface area contributed by atoms with Gasteiger partial charge in [-0.3, -0.25) is 0 Å². The van der Waals surface area contributed by atoms with Crippen molar-refractivity contribution >= 4 is 0 Å². The zero-order chi connectivity index (χ0) is 13.8. The molecule has 1 aromatic carbocycles. The lowest BCUT2D eigenvalue weighted by molar-refractivity contribution is 0.174. The average Bonchev–Trinajstić information content (AvgIpc) is 3.21. The number of hydrogen-bond donors (Lipinski definition) is 1. The maximum atomic E-state index is 5.94. The molecule has 2 aliphatic rings. The minimum Gasteiger partial charge on any atom is -0.490 e.